The van der Waals surface area contributed by atoms with Gasteiger partial charge in [0.25, 0.3) is 0 Å². The third-order valence-electron chi connectivity index (χ3n) is 4.83. The van der Waals surface area contributed by atoms with Gasteiger partial charge in [-0.3, -0.25) is 9.69 Å². The molecule has 1 saturated heterocycles. The molecule has 0 radical (unpaired) electrons. The monoisotopic (exact) mass is 283 g/mol. The first-order valence-corrected chi connectivity index (χ1v) is 8.21. The fourth-order valence-electron chi connectivity index (χ4n) is 3.38. The van der Waals surface area contributed by atoms with Crippen molar-refractivity contribution >= 4 is 5.91 Å². The molecule has 3 atom stereocenters. The molecule has 1 aliphatic rings. The van der Waals surface area contributed by atoms with Gasteiger partial charge in [-0.1, -0.05) is 13.3 Å². The number of likely N-dealkylation sites (tertiary alicyclic amines) is 1. The van der Waals surface area contributed by atoms with E-state index >= 15 is 0 Å². The molecule has 0 aliphatic carbocycles. The second-order valence-corrected chi connectivity index (χ2v) is 6.55. The summed E-state index contributed by atoms with van der Waals surface area (Å²) in [5.41, 5.74) is 4.97. The molecule has 1 amide bonds. The number of nitrogens with zero attached hydrogens (tertiary/aromatic N) is 1. The molecule has 0 bridgehead atoms. The predicted octanol–water partition coefficient (Wildman–Crippen LogP) is 2.27. The topological polar surface area (TPSA) is 58.4 Å². The minimum atomic E-state index is -0.548. The van der Waals surface area contributed by atoms with Crippen LogP contribution in [0.4, 0.5) is 0 Å². The van der Waals surface area contributed by atoms with Crippen LogP contribution in [0.25, 0.3) is 0 Å². The van der Waals surface area contributed by atoms with E-state index in [0.717, 1.165) is 32.4 Å². The Morgan fingerprint density at radius 1 is 1.30 bits per heavy atom. The molecule has 1 rings (SSSR count). The molecule has 4 nitrogen and oxygen atoms in total. The zero-order valence-electron chi connectivity index (χ0n) is 13.7. The number of hydrogen-bond donors (Lipinski definition) is 2. The van der Waals surface area contributed by atoms with Crippen molar-refractivity contribution in [3.05, 3.63) is 0 Å². The Morgan fingerprint density at radius 3 is 2.40 bits per heavy atom. The second kappa shape index (κ2) is 7.99. The van der Waals surface area contributed by atoms with E-state index in [1.807, 2.05) is 13.8 Å². The van der Waals surface area contributed by atoms with Crippen LogP contribution in [0.1, 0.15) is 66.2 Å². The summed E-state index contributed by atoms with van der Waals surface area (Å²) in [6.07, 6.45) is 7.01. The summed E-state index contributed by atoms with van der Waals surface area (Å²) in [6, 6.07) is 1.41. The van der Waals surface area contributed by atoms with Gasteiger partial charge >= 0.3 is 0 Å². The van der Waals surface area contributed by atoms with Crippen molar-refractivity contribution in [3.8, 4) is 0 Å². The first-order valence-electron chi connectivity index (χ1n) is 8.21. The number of carbonyl (C=O) groups is 1. The Balaban J connectivity index is 2.34. The number of amides is 1. The van der Waals surface area contributed by atoms with E-state index in [4.69, 9.17) is 5.73 Å². The number of nitrogens with two attached hydrogens (primary N) is 1. The highest BCUT2D eigenvalue weighted by Gasteiger charge is 2.29. The highest BCUT2D eigenvalue weighted by molar-refractivity contribution is 5.84. The molecule has 1 fully saturated rings. The van der Waals surface area contributed by atoms with Crippen LogP contribution in [0, 0.1) is 0 Å². The lowest BCUT2D eigenvalue weighted by atomic mass is 9.93. The zero-order valence-corrected chi connectivity index (χ0v) is 13.7. The van der Waals surface area contributed by atoms with Crippen LogP contribution in [0.5, 0.6) is 0 Å². The van der Waals surface area contributed by atoms with Gasteiger partial charge in [0.05, 0.1) is 5.54 Å². The first-order chi connectivity index (χ1) is 9.40. The van der Waals surface area contributed by atoms with Crippen molar-refractivity contribution in [3.63, 3.8) is 0 Å². The molecule has 0 aromatic heterocycles. The number of likely N-dealkylation sites (N-methyl/N-ethyl adjacent to an activating group) is 1. The highest BCUT2D eigenvalue weighted by Crippen LogP contribution is 2.23. The lowest BCUT2D eigenvalue weighted by Crippen LogP contribution is -2.53. The predicted molar refractivity (Wildman–Crippen MR) is 84.6 cm³/mol. The Hall–Kier alpha value is -0.610. The van der Waals surface area contributed by atoms with Gasteiger partial charge < -0.3 is 11.1 Å². The molecule has 0 aromatic carbocycles. The van der Waals surface area contributed by atoms with E-state index in [-0.39, 0.29) is 5.91 Å². The van der Waals surface area contributed by atoms with Crippen LogP contribution in [-0.2, 0) is 4.79 Å². The smallest absolute Gasteiger partial charge is 0.237 e. The summed E-state index contributed by atoms with van der Waals surface area (Å²) in [7, 11) is 0. The maximum absolute atomic E-state index is 11.6. The fraction of sp³-hybridized carbons (Fsp3) is 0.938. The summed E-state index contributed by atoms with van der Waals surface area (Å²) < 4.78 is 0. The van der Waals surface area contributed by atoms with Crippen molar-refractivity contribution < 1.29 is 4.79 Å². The van der Waals surface area contributed by atoms with Crippen molar-refractivity contribution in [1.82, 2.24) is 10.2 Å². The number of rotatable bonds is 8. The van der Waals surface area contributed by atoms with Gasteiger partial charge in [-0.25, -0.2) is 0 Å². The summed E-state index contributed by atoms with van der Waals surface area (Å²) in [4.78, 5) is 14.2. The summed E-state index contributed by atoms with van der Waals surface area (Å²) >= 11 is 0. The molecule has 1 unspecified atom stereocenters. The Bertz CT molecular complexity index is 298. The van der Waals surface area contributed by atoms with Crippen molar-refractivity contribution in [2.24, 2.45) is 5.73 Å². The maximum atomic E-state index is 11.6. The fourth-order valence-corrected chi connectivity index (χ4v) is 3.38. The van der Waals surface area contributed by atoms with Gasteiger partial charge in [0.15, 0.2) is 0 Å². The van der Waals surface area contributed by atoms with E-state index in [9.17, 15) is 4.79 Å². The van der Waals surface area contributed by atoms with E-state index in [1.165, 1.54) is 19.3 Å². The van der Waals surface area contributed by atoms with Gasteiger partial charge in [-0.15, -0.1) is 0 Å². The average molecular weight is 283 g/mol. The summed E-state index contributed by atoms with van der Waals surface area (Å²) in [6.45, 7) is 10.5. The molecule has 20 heavy (non-hydrogen) atoms. The van der Waals surface area contributed by atoms with Crippen LogP contribution in [0.3, 0.4) is 0 Å². The molecular formula is C16H33N3O. The second-order valence-electron chi connectivity index (χ2n) is 6.55. The molecule has 1 heterocycles. The van der Waals surface area contributed by atoms with Gasteiger partial charge in [-0.05, 0) is 66.0 Å². The minimum Gasteiger partial charge on any atom is -0.368 e. The van der Waals surface area contributed by atoms with Crippen LogP contribution in [0.15, 0.2) is 0 Å². The first kappa shape index (κ1) is 17.4. The molecule has 3 N–H and O–H groups in total. The molecule has 4 heteroatoms. The Labute approximate surface area is 124 Å². The Kier molecular flexibility index (Phi) is 6.96. The van der Waals surface area contributed by atoms with Gasteiger partial charge in [0, 0.05) is 12.1 Å². The quantitative estimate of drug-likeness (QED) is 0.672. The molecule has 0 aromatic rings. The van der Waals surface area contributed by atoms with E-state index in [2.05, 4.69) is 24.1 Å². The van der Waals surface area contributed by atoms with Gasteiger partial charge in [-0.2, -0.15) is 0 Å². The number of carbonyl (C=O) groups excluding carboxylic acids is 1. The normalized spacial score (nSPS) is 27.2. The number of primary amides is 1. The lowest BCUT2D eigenvalue weighted by Gasteiger charge is -2.39. The van der Waals surface area contributed by atoms with Gasteiger partial charge in [0.1, 0.15) is 0 Å². The van der Waals surface area contributed by atoms with E-state index in [1.54, 1.807) is 0 Å². The van der Waals surface area contributed by atoms with Gasteiger partial charge in [0.2, 0.25) is 5.91 Å². The number of unbranched alkanes of at least 4 members (excludes halogenated alkanes) is 1. The number of nitrogens with one attached hydrogen (secondary N) is 1. The van der Waals surface area contributed by atoms with E-state index < -0.39 is 5.54 Å². The highest BCUT2D eigenvalue weighted by atomic mass is 16.1. The molecule has 0 spiro atoms. The lowest BCUT2D eigenvalue weighted by molar-refractivity contribution is -0.124. The van der Waals surface area contributed by atoms with Crippen LogP contribution in [-0.4, -0.2) is 41.5 Å². The van der Waals surface area contributed by atoms with Crippen molar-refractivity contribution in [2.75, 3.05) is 13.1 Å². The van der Waals surface area contributed by atoms with Crippen molar-refractivity contribution in [2.45, 2.75) is 83.8 Å². The number of hydrogen-bond acceptors (Lipinski definition) is 3. The Morgan fingerprint density at radius 2 is 1.90 bits per heavy atom. The zero-order chi connectivity index (χ0) is 15.2. The third kappa shape index (κ3) is 4.74. The average Bonchev–Trinajstić information content (AvgIpc) is 2.37. The van der Waals surface area contributed by atoms with Crippen LogP contribution >= 0.6 is 0 Å². The molecular weight excluding hydrogens is 250 g/mol. The molecule has 0 saturated carbocycles. The van der Waals surface area contributed by atoms with Crippen LogP contribution in [0.2, 0.25) is 0 Å². The SMILES string of the molecule is CCNC(C)(CCCCN1[C@H](C)CCC[C@@H]1C)C(N)=O. The largest absolute Gasteiger partial charge is 0.368 e. The summed E-state index contributed by atoms with van der Waals surface area (Å²) in [5, 5.41) is 3.23. The maximum Gasteiger partial charge on any atom is 0.237 e. The standard InChI is InChI=1S/C16H33N3O/c1-5-18-16(4,15(17)20)11-6-7-12-19-13(2)9-8-10-14(19)3/h13-14,18H,5-12H2,1-4H3,(H2,17,20)/t13-,14+,16?. The van der Waals surface area contributed by atoms with E-state index in [0.29, 0.717) is 12.1 Å². The molecule has 1 aliphatic heterocycles. The summed E-state index contributed by atoms with van der Waals surface area (Å²) in [5.74, 6) is -0.237. The third-order valence-corrected chi connectivity index (χ3v) is 4.83. The minimum absolute atomic E-state index is 0.237. The van der Waals surface area contributed by atoms with Crippen LogP contribution < -0.4 is 11.1 Å². The number of piperidine rings is 1. The van der Waals surface area contributed by atoms with Crippen molar-refractivity contribution in [1.29, 1.82) is 0 Å². The molecule has 118 valence electrons.